The first kappa shape index (κ1) is 19.6. The van der Waals surface area contributed by atoms with Gasteiger partial charge < -0.3 is 0 Å². The minimum atomic E-state index is -3.48. The number of sulfone groups is 3. The molecule has 0 N–H and O–H groups in total. The molecule has 0 saturated carbocycles. The Morgan fingerprint density at radius 2 is 0.840 bits per heavy atom. The first-order valence-electron chi connectivity index (χ1n) is 7.15. The Hall–Kier alpha value is -1.71. The van der Waals surface area contributed by atoms with Gasteiger partial charge in [-0.15, -0.1) is 0 Å². The molecule has 0 unspecified atom stereocenters. The Morgan fingerprint density at radius 3 is 1.08 bits per heavy atom. The van der Waals surface area contributed by atoms with Crippen LogP contribution in [0.25, 0.3) is 0 Å². The zero-order valence-electron chi connectivity index (χ0n) is 13.7. The van der Waals surface area contributed by atoms with Gasteiger partial charge in [0.15, 0.2) is 29.5 Å². The van der Waals surface area contributed by atoms with Gasteiger partial charge in [-0.05, 0) is 35.4 Å². The smallest absolute Gasteiger partial charge is 0.175 e. The molecule has 2 aromatic carbocycles. The minimum Gasteiger partial charge on any atom is -0.228 e. The lowest BCUT2D eigenvalue weighted by Gasteiger charge is -2.07. The van der Waals surface area contributed by atoms with Gasteiger partial charge >= 0.3 is 0 Å². The summed E-state index contributed by atoms with van der Waals surface area (Å²) in [5, 5.41) is 0. The average Bonchev–Trinajstić information content (AvgIpc) is 2.45. The van der Waals surface area contributed by atoms with E-state index >= 15 is 0 Å². The van der Waals surface area contributed by atoms with Crippen molar-refractivity contribution in [3.63, 3.8) is 0 Å². The van der Waals surface area contributed by atoms with Gasteiger partial charge in [0.25, 0.3) is 0 Å². The largest absolute Gasteiger partial charge is 0.228 e. The van der Waals surface area contributed by atoms with Gasteiger partial charge in [0.2, 0.25) is 0 Å². The molecule has 0 aliphatic carbocycles. The summed E-state index contributed by atoms with van der Waals surface area (Å²) in [6.07, 6.45) is 2.16. The van der Waals surface area contributed by atoms with Crippen molar-refractivity contribution < 1.29 is 25.3 Å². The Morgan fingerprint density at radius 1 is 0.560 bits per heavy atom. The van der Waals surface area contributed by atoms with Crippen LogP contribution in [0.2, 0.25) is 0 Å². The highest BCUT2D eigenvalue weighted by Crippen LogP contribution is 2.17. The monoisotopic (exact) mass is 402 g/mol. The number of hydrogen-bond acceptors (Lipinski definition) is 6. The van der Waals surface area contributed by atoms with Crippen LogP contribution in [0.15, 0.2) is 58.3 Å². The SMILES string of the molecule is CS(=O)(=O)c1ccc(CS(=O)(=O)Cc2ccc(S(C)(=O)=O)cc2)cc1. The van der Waals surface area contributed by atoms with E-state index in [9.17, 15) is 25.3 Å². The van der Waals surface area contributed by atoms with Crippen LogP contribution in [-0.4, -0.2) is 37.8 Å². The molecule has 136 valence electrons. The predicted octanol–water partition coefficient (Wildman–Crippen LogP) is 1.61. The zero-order valence-corrected chi connectivity index (χ0v) is 16.2. The third-order valence-corrected chi connectivity index (χ3v) is 7.28. The molecule has 0 aliphatic heterocycles. The lowest BCUT2D eigenvalue weighted by atomic mass is 10.2. The van der Waals surface area contributed by atoms with Crippen molar-refractivity contribution in [2.24, 2.45) is 0 Å². The maximum atomic E-state index is 12.3. The highest BCUT2D eigenvalue weighted by atomic mass is 32.2. The van der Waals surface area contributed by atoms with Gasteiger partial charge in [-0.2, -0.15) is 0 Å². The summed E-state index contributed by atoms with van der Waals surface area (Å²) in [7, 11) is -10.1. The lowest BCUT2D eigenvalue weighted by Crippen LogP contribution is -2.08. The van der Waals surface area contributed by atoms with Crippen LogP contribution in [-0.2, 0) is 41.0 Å². The highest BCUT2D eigenvalue weighted by Gasteiger charge is 2.15. The molecular formula is C16H18O6S3. The van der Waals surface area contributed by atoms with Gasteiger partial charge in [0, 0.05) is 12.5 Å². The van der Waals surface area contributed by atoms with E-state index in [1.54, 1.807) is 0 Å². The molecule has 0 atom stereocenters. The van der Waals surface area contributed by atoms with Gasteiger partial charge in [0.1, 0.15) is 0 Å². The molecule has 0 spiro atoms. The van der Waals surface area contributed by atoms with Gasteiger partial charge in [0.05, 0.1) is 21.3 Å². The number of rotatable bonds is 6. The molecule has 0 bridgehead atoms. The summed E-state index contributed by atoms with van der Waals surface area (Å²) in [6, 6.07) is 11.4. The molecule has 0 aromatic heterocycles. The first-order chi connectivity index (χ1) is 11.4. The minimum absolute atomic E-state index is 0.130. The molecule has 0 radical (unpaired) electrons. The van der Waals surface area contributed by atoms with E-state index in [0.29, 0.717) is 11.1 Å². The van der Waals surface area contributed by atoms with Crippen LogP contribution in [0.3, 0.4) is 0 Å². The normalized spacial score (nSPS) is 12.9. The Bertz CT molecular complexity index is 980. The fourth-order valence-corrected chi connectivity index (χ4v) is 4.99. The van der Waals surface area contributed by atoms with E-state index < -0.39 is 29.5 Å². The molecule has 2 rings (SSSR count). The molecule has 0 fully saturated rings. The van der Waals surface area contributed by atoms with Crippen molar-refractivity contribution >= 4 is 29.5 Å². The van der Waals surface area contributed by atoms with Crippen molar-refractivity contribution in [1.29, 1.82) is 0 Å². The maximum absolute atomic E-state index is 12.3. The maximum Gasteiger partial charge on any atom is 0.175 e. The summed E-state index contributed by atoms with van der Waals surface area (Å²) >= 11 is 0. The summed E-state index contributed by atoms with van der Waals surface area (Å²) in [5.41, 5.74) is 0.973. The average molecular weight is 403 g/mol. The van der Waals surface area contributed by atoms with Crippen LogP contribution in [0.1, 0.15) is 11.1 Å². The second kappa shape index (κ2) is 6.89. The third-order valence-electron chi connectivity index (χ3n) is 3.48. The van der Waals surface area contributed by atoms with Crippen molar-refractivity contribution in [2.75, 3.05) is 12.5 Å². The zero-order chi connectivity index (χ0) is 18.9. The molecule has 0 saturated heterocycles. The Labute approximate surface area is 148 Å². The summed E-state index contributed by atoms with van der Waals surface area (Å²) in [6.45, 7) is 0. The van der Waals surface area contributed by atoms with Crippen LogP contribution < -0.4 is 0 Å². The van der Waals surface area contributed by atoms with Gasteiger partial charge in [-0.1, -0.05) is 24.3 Å². The Kier molecular flexibility index (Phi) is 5.41. The van der Waals surface area contributed by atoms with E-state index in [1.165, 1.54) is 48.5 Å². The standard InChI is InChI=1S/C16H18O6S3/c1-23(17,18)15-7-3-13(4-8-15)11-25(21,22)12-14-5-9-16(10-6-14)24(2,19)20/h3-10H,11-12H2,1-2H3. The second-order valence-electron chi connectivity index (χ2n) is 5.86. The van der Waals surface area contributed by atoms with Crippen molar-refractivity contribution in [2.45, 2.75) is 21.3 Å². The number of hydrogen-bond donors (Lipinski definition) is 0. The third kappa shape index (κ3) is 5.65. The lowest BCUT2D eigenvalue weighted by molar-refractivity contribution is 0.594. The predicted molar refractivity (Wildman–Crippen MR) is 95.4 cm³/mol. The molecule has 6 nitrogen and oxygen atoms in total. The molecular weight excluding hydrogens is 384 g/mol. The molecule has 2 aromatic rings. The fraction of sp³-hybridized carbons (Fsp3) is 0.250. The van der Waals surface area contributed by atoms with E-state index in [4.69, 9.17) is 0 Å². The van der Waals surface area contributed by atoms with E-state index in [0.717, 1.165) is 12.5 Å². The summed E-state index contributed by atoms with van der Waals surface area (Å²) in [4.78, 5) is 0.259. The molecule has 0 aliphatic rings. The van der Waals surface area contributed by atoms with Crippen molar-refractivity contribution in [3.8, 4) is 0 Å². The van der Waals surface area contributed by atoms with E-state index in [-0.39, 0.29) is 21.3 Å². The molecule has 25 heavy (non-hydrogen) atoms. The molecule has 9 heteroatoms. The van der Waals surface area contributed by atoms with E-state index in [2.05, 4.69) is 0 Å². The summed E-state index contributed by atoms with van der Waals surface area (Å²) in [5.74, 6) is -0.463. The van der Waals surface area contributed by atoms with Crippen LogP contribution in [0.4, 0.5) is 0 Å². The van der Waals surface area contributed by atoms with Crippen LogP contribution >= 0.6 is 0 Å². The van der Waals surface area contributed by atoms with Crippen molar-refractivity contribution in [3.05, 3.63) is 59.7 Å². The second-order valence-corrected chi connectivity index (χ2v) is 12.0. The summed E-state index contributed by atoms with van der Waals surface area (Å²) < 4.78 is 70.2. The molecule has 0 amide bonds. The van der Waals surface area contributed by atoms with E-state index in [1.807, 2.05) is 0 Å². The quantitative estimate of drug-likeness (QED) is 0.727. The topological polar surface area (TPSA) is 102 Å². The Balaban J connectivity index is 2.14. The van der Waals surface area contributed by atoms with Gasteiger partial charge in [-0.25, -0.2) is 25.3 Å². The first-order valence-corrected chi connectivity index (χ1v) is 12.8. The fourth-order valence-electron chi connectivity index (χ4n) is 2.22. The highest BCUT2D eigenvalue weighted by molar-refractivity contribution is 7.91. The van der Waals surface area contributed by atoms with Crippen LogP contribution in [0.5, 0.6) is 0 Å². The van der Waals surface area contributed by atoms with Crippen molar-refractivity contribution in [1.82, 2.24) is 0 Å². The molecule has 0 heterocycles. The van der Waals surface area contributed by atoms with Crippen LogP contribution in [0, 0.1) is 0 Å². The number of benzene rings is 2. The van der Waals surface area contributed by atoms with Gasteiger partial charge in [-0.3, -0.25) is 0 Å².